The number of benzene rings is 2. The summed E-state index contributed by atoms with van der Waals surface area (Å²) in [7, 11) is 0. The molecule has 0 amide bonds. The van der Waals surface area contributed by atoms with Crippen LogP contribution in [0, 0.1) is 13.8 Å². The average molecular weight is 368 g/mol. The molecule has 1 atom stereocenters. The highest BCUT2D eigenvalue weighted by atomic mass is 14.8. The molecule has 3 rings (SSSR count). The van der Waals surface area contributed by atoms with Gasteiger partial charge in [0.05, 0.1) is 29.1 Å². The van der Waals surface area contributed by atoms with Gasteiger partial charge in [-0.1, -0.05) is 42.5 Å². The second-order valence-corrected chi connectivity index (χ2v) is 6.78. The first-order valence-corrected chi connectivity index (χ1v) is 9.48. The van der Waals surface area contributed by atoms with Crippen LogP contribution in [0.5, 0.6) is 0 Å². The van der Waals surface area contributed by atoms with Gasteiger partial charge in [0, 0.05) is 0 Å². The van der Waals surface area contributed by atoms with Crippen molar-refractivity contribution in [2.24, 2.45) is 20.0 Å². The van der Waals surface area contributed by atoms with Gasteiger partial charge in [-0.3, -0.25) is 0 Å². The maximum atomic E-state index is 4.43. The first-order chi connectivity index (χ1) is 13.6. The van der Waals surface area contributed by atoms with Crippen molar-refractivity contribution in [1.82, 2.24) is 0 Å². The zero-order chi connectivity index (χ0) is 19.8. The first-order valence-electron chi connectivity index (χ1n) is 9.48. The molecule has 0 radical (unpaired) electrons. The fourth-order valence-corrected chi connectivity index (χ4v) is 2.76. The lowest BCUT2D eigenvalue weighted by Gasteiger charge is -2.07. The largest absolute Gasteiger partial charge is 0.217 e. The van der Waals surface area contributed by atoms with E-state index < -0.39 is 0 Å². The fraction of sp³-hybridized carbons (Fsp3) is 0.250. The Labute approximate surface area is 166 Å². The van der Waals surface area contributed by atoms with E-state index in [-0.39, 0.29) is 6.04 Å². The summed E-state index contributed by atoms with van der Waals surface area (Å²) in [4.78, 5) is 17.5. The van der Waals surface area contributed by atoms with E-state index in [2.05, 4.69) is 50.2 Å². The van der Waals surface area contributed by atoms with E-state index in [0.717, 1.165) is 46.6 Å². The molecule has 0 bridgehead atoms. The molecule has 0 fully saturated rings. The Balaban J connectivity index is 1.77. The normalized spacial score (nSPS) is 13.6. The Bertz CT molecular complexity index is 1030. The summed E-state index contributed by atoms with van der Waals surface area (Å²) in [5, 5.41) is 0. The van der Waals surface area contributed by atoms with Gasteiger partial charge in [-0.15, -0.1) is 0 Å². The maximum absolute atomic E-state index is 4.43. The molecule has 4 nitrogen and oxygen atoms in total. The predicted molar refractivity (Wildman–Crippen MR) is 116 cm³/mol. The second kappa shape index (κ2) is 9.57. The van der Waals surface area contributed by atoms with Gasteiger partial charge < -0.3 is 0 Å². The third-order valence-electron chi connectivity index (χ3n) is 4.58. The van der Waals surface area contributed by atoms with Crippen LogP contribution in [0.15, 0.2) is 86.4 Å². The van der Waals surface area contributed by atoms with E-state index in [1.807, 2.05) is 63.2 Å². The maximum Gasteiger partial charge on any atom is 0.100 e. The molecule has 1 aliphatic rings. The van der Waals surface area contributed by atoms with Crippen LogP contribution >= 0.6 is 0 Å². The van der Waals surface area contributed by atoms with Crippen LogP contribution in [0.1, 0.15) is 42.5 Å². The number of para-hydroxylation sites is 1. The van der Waals surface area contributed by atoms with Gasteiger partial charge in [0.2, 0.25) is 0 Å². The van der Waals surface area contributed by atoms with Crippen molar-refractivity contribution in [3.63, 3.8) is 0 Å². The van der Waals surface area contributed by atoms with E-state index >= 15 is 0 Å². The van der Waals surface area contributed by atoms with Crippen molar-refractivity contribution >= 4 is 23.4 Å². The van der Waals surface area contributed by atoms with E-state index in [4.69, 9.17) is 0 Å². The standard InChI is InChI=1S/C24H24N4/c1-18-9-7-8-12-23(18)27-16-25-20(3)21-14-13-19(2)24(15-21)28-17-26-22-10-5-4-6-11-22/h5,7-15,20H,4,6H2,1-3H3. The lowest BCUT2D eigenvalue weighted by atomic mass is 10.1. The molecule has 0 aromatic heterocycles. The van der Waals surface area contributed by atoms with E-state index in [1.165, 1.54) is 0 Å². The van der Waals surface area contributed by atoms with Crippen LogP contribution in [0.4, 0.5) is 11.4 Å². The lowest BCUT2D eigenvalue weighted by molar-refractivity contribution is 0.825. The predicted octanol–water partition coefficient (Wildman–Crippen LogP) is 6.91. The summed E-state index contributed by atoms with van der Waals surface area (Å²) in [5.41, 5.74) is 5.87. The molecule has 2 aromatic carbocycles. The third kappa shape index (κ3) is 5.34. The van der Waals surface area contributed by atoms with Crippen LogP contribution in [-0.2, 0) is 0 Å². The number of nitrogens with zero attached hydrogens (tertiary/aromatic N) is 4. The van der Waals surface area contributed by atoms with Crippen molar-refractivity contribution in [3.8, 4) is 0 Å². The van der Waals surface area contributed by atoms with Crippen LogP contribution in [-0.4, -0.2) is 12.0 Å². The fourth-order valence-electron chi connectivity index (χ4n) is 2.76. The lowest BCUT2D eigenvalue weighted by Crippen LogP contribution is -1.89. The molecule has 2 aromatic rings. The zero-order valence-corrected chi connectivity index (χ0v) is 16.6. The van der Waals surface area contributed by atoms with Crippen LogP contribution in [0.3, 0.4) is 0 Å². The molecule has 1 aliphatic carbocycles. The van der Waals surface area contributed by atoms with Gasteiger partial charge in [0.25, 0.3) is 0 Å². The Morgan fingerprint density at radius 2 is 1.64 bits per heavy atom. The van der Waals surface area contributed by atoms with Gasteiger partial charge in [0.15, 0.2) is 0 Å². The summed E-state index contributed by atoms with van der Waals surface area (Å²) < 4.78 is 0. The first kappa shape index (κ1) is 19.4. The molecule has 140 valence electrons. The van der Waals surface area contributed by atoms with Crippen molar-refractivity contribution in [2.45, 2.75) is 39.7 Å². The van der Waals surface area contributed by atoms with Gasteiger partial charge in [-0.25, -0.2) is 4.99 Å². The minimum Gasteiger partial charge on any atom is -0.217 e. The highest BCUT2D eigenvalue weighted by molar-refractivity contribution is 5.59. The minimum absolute atomic E-state index is 0.0664. The summed E-state index contributed by atoms with van der Waals surface area (Å²) in [6.45, 7) is 6.07. The molecule has 0 aliphatic heterocycles. The second-order valence-electron chi connectivity index (χ2n) is 6.78. The highest BCUT2D eigenvalue weighted by Gasteiger charge is 2.05. The number of aryl methyl sites for hydroxylation is 2. The number of rotatable bonds is 5. The van der Waals surface area contributed by atoms with Crippen molar-refractivity contribution < 1.29 is 0 Å². The number of hydrogen-bond acceptors (Lipinski definition) is 4. The van der Waals surface area contributed by atoms with Gasteiger partial charge in [0.1, 0.15) is 6.01 Å². The Morgan fingerprint density at radius 1 is 0.857 bits per heavy atom. The van der Waals surface area contributed by atoms with Crippen molar-refractivity contribution in [1.29, 1.82) is 0 Å². The molecular formula is C24H24N4. The van der Waals surface area contributed by atoms with Gasteiger partial charge in [-0.05, 0) is 68.5 Å². The smallest absolute Gasteiger partial charge is 0.100 e. The molecular weight excluding hydrogens is 344 g/mol. The summed E-state index contributed by atoms with van der Waals surface area (Å²) in [6.07, 6.45) is 8.30. The topological polar surface area (TPSA) is 49.4 Å². The Morgan fingerprint density at radius 3 is 2.43 bits per heavy atom. The summed E-state index contributed by atoms with van der Waals surface area (Å²) in [5.74, 6) is 0. The average Bonchev–Trinajstić information content (AvgIpc) is 2.71. The van der Waals surface area contributed by atoms with E-state index in [0.29, 0.717) is 0 Å². The third-order valence-corrected chi connectivity index (χ3v) is 4.58. The highest BCUT2D eigenvalue weighted by Crippen LogP contribution is 2.25. The Kier molecular flexibility index (Phi) is 6.64. The summed E-state index contributed by atoms with van der Waals surface area (Å²) >= 11 is 0. The molecule has 0 heterocycles. The van der Waals surface area contributed by atoms with Crippen LogP contribution in [0.2, 0.25) is 0 Å². The molecule has 0 saturated carbocycles. The quantitative estimate of drug-likeness (QED) is 0.515. The van der Waals surface area contributed by atoms with Crippen molar-refractivity contribution in [2.75, 3.05) is 0 Å². The zero-order valence-electron chi connectivity index (χ0n) is 16.6. The van der Waals surface area contributed by atoms with E-state index in [9.17, 15) is 0 Å². The van der Waals surface area contributed by atoms with Crippen molar-refractivity contribution in [3.05, 3.63) is 83.1 Å². The van der Waals surface area contributed by atoms with E-state index in [1.54, 1.807) is 0 Å². The molecule has 0 N–H and O–H groups in total. The molecule has 0 saturated heterocycles. The van der Waals surface area contributed by atoms with Crippen LogP contribution in [0.25, 0.3) is 0 Å². The number of aliphatic imine (C=N–C) groups is 4. The monoisotopic (exact) mass is 368 g/mol. The molecule has 4 heteroatoms. The number of allylic oxidation sites excluding steroid dienone is 3. The Hall–Kier alpha value is -3.32. The SMILES string of the molecule is Cc1ccccc1N=C=NC(C)c1ccc(C)c(N=C=NC2=CCCC=C2)c1. The molecule has 28 heavy (non-hydrogen) atoms. The van der Waals surface area contributed by atoms with Crippen LogP contribution < -0.4 is 0 Å². The summed E-state index contributed by atoms with van der Waals surface area (Å²) in [6, 6.07) is 19.6. The number of hydrogen-bond donors (Lipinski definition) is 0. The van der Waals surface area contributed by atoms with Gasteiger partial charge in [-0.2, -0.15) is 15.0 Å². The molecule has 1 unspecified atom stereocenters. The minimum atomic E-state index is -0.0664. The van der Waals surface area contributed by atoms with Gasteiger partial charge >= 0.3 is 0 Å². The molecule has 0 spiro atoms.